The van der Waals surface area contributed by atoms with Gasteiger partial charge in [-0.25, -0.2) is 9.97 Å². The fourth-order valence-corrected chi connectivity index (χ4v) is 5.13. The number of nitrogens with zero attached hydrogens (tertiary/aromatic N) is 5. The minimum absolute atomic E-state index is 0.0739. The van der Waals surface area contributed by atoms with Crippen molar-refractivity contribution in [1.82, 2.24) is 19.4 Å². The fourth-order valence-electron chi connectivity index (χ4n) is 5.13. The molecule has 0 spiro atoms. The van der Waals surface area contributed by atoms with E-state index in [2.05, 4.69) is 27.8 Å². The van der Waals surface area contributed by atoms with Crippen molar-refractivity contribution >= 4 is 22.8 Å². The van der Waals surface area contributed by atoms with Crippen molar-refractivity contribution in [3.63, 3.8) is 0 Å². The molecule has 6 rings (SSSR count). The lowest BCUT2D eigenvalue weighted by Gasteiger charge is -2.35. The van der Waals surface area contributed by atoms with Crippen LogP contribution in [0.2, 0.25) is 0 Å². The first-order valence-electron chi connectivity index (χ1n) is 12.8. The van der Waals surface area contributed by atoms with Crippen LogP contribution >= 0.6 is 0 Å². The Morgan fingerprint density at radius 1 is 0.842 bits per heavy atom. The molecule has 1 aliphatic rings. The van der Waals surface area contributed by atoms with Gasteiger partial charge in [-0.3, -0.25) is 9.36 Å². The lowest BCUT2D eigenvalue weighted by atomic mass is 10.1. The van der Waals surface area contributed by atoms with Gasteiger partial charge in [0.15, 0.2) is 5.65 Å². The molecule has 7 nitrogen and oxygen atoms in total. The van der Waals surface area contributed by atoms with Crippen LogP contribution in [0.4, 0.5) is 5.82 Å². The molecule has 38 heavy (non-hydrogen) atoms. The number of aromatic nitrogens is 3. The van der Waals surface area contributed by atoms with Gasteiger partial charge in [-0.15, -0.1) is 0 Å². The summed E-state index contributed by atoms with van der Waals surface area (Å²) in [6.07, 6.45) is 3.75. The van der Waals surface area contributed by atoms with Gasteiger partial charge in [0.2, 0.25) is 0 Å². The number of anilines is 1. The number of aryl methyl sites for hydroxylation is 1. The van der Waals surface area contributed by atoms with Gasteiger partial charge in [0, 0.05) is 43.5 Å². The average Bonchev–Trinajstić information content (AvgIpc) is 3.37. The van der Waals surface area contributed by atoms with Gasteiger partial charge in [0.05, 0.1) is 18.2 Å². The lowest BCUT2D eigenvalue weighted by Crippen LogP contribution is -2.49. The second-order valence-corrected chi connectivity index (χ2v) is 9.49. The van der Waals surface area contributed by atoms with Gasteiger partial charge in [0.25, 0.3) is 5.91 Å². The summed E-state index contributed by atoms with van der Waals surface area (Å²) in [5.74, 6) is 1.72. The van der Waals surface area contributed by atoms with Crippen LogP contribution in [0.5, 0.6) is 5.75 Å². The zero-order chi connectivity index (χ0) is 26.1. The number of amides is 1. The van der Waals surface area contributed by atoms with E-state index in [1.807, 2.05) is 78.6 Å². The van der Waals surface area contributed by atoms with E-state index in [1.54, 1.807) is 13.4 Å². The second-order valence-electron chi connectivity index (χ2n) is 9.49. The number of carbonyl (C=O) groups is 1. The molecule has 0 bridgehead atoms. The fraction of sp³-hybridized carbons (Fsp3) is 0.194. The van der Waals surface area contributed by atoms with E-state index in [4.69, 9.17) is 14.7 Å². The SMILES string of the molecule is COc1ccccc1-n1cc(-c2ccccc2)c2c(N3CCN(C(=O)c4ccc(C)cc4)CC3)ncnc21. The van der Waals surface area contributed by atoms with E-state index in [-0.39, 0.29) is 5.91 Å². The zero-order valence-corrected chi connectivity index (χ0v) is 21.5. The predicted octanol–water partition coefficient (Wildman–Crippen LogP) is 5.37. The average molecular weight is 504 g/mol. The highest BCUT2D eigenvalue weighted by molar-refractivity contribution is 6.02. The van der Waals surface area contributed by atoms with Crippen molar-refractivity contribution in [1.29, 1.82) is 0 Å². The van der Waals surface area contributed by atoms with Crippen molar-refractivity contribution in [3.05, 3.63) is 103 Å². The van der Waals surface area contributed by atoms with Gasteiger partial charge in [-0.2, -0.15) is 0 Å². The monoisotopic (exact) mass is 503 g/mol. The number of para-hydroxylation sites is 2. The highest BCUT2D eigenvalue weighted by atomic mass is 16.5. The molecule has 0 radical (unpaired) electrons. The molecule has 0 aliphatic carbocycles. The standard InChI is InChI=1S/C31H29N5O2/c1-22-12-14-24(15-13-22)31(37)35-18-16-34(17-19-35)29-28-25(23-8-4-3-5-9-23)20-36(30(28)33-21-32-29)26-10-6-7-11-27(26)38-2/h3-15,20-21H,16-19H2,1-2H3. The maximum Gasteiger partial charge on any atom is 0.253 e. The van der Waals surface area contributed by atoms with E-state index >= 15 is 0 Å². The Balaban J connectivity index is 1.39. The Labute approximate surface area is 221 Å². The van der Waals surface area contributed by atoms with Crippen LogP contribution in [0.3, 0.4) is 0 Å². The summed E-state index contributed by atoms with van der Waals surface area (Å²) in [7, 11) is 1.68. The van der Waals surface area contributed by atoms with Crippen molar-refractivity contribution in [3.8, 4) is 22.6 Å². The minimum Gasteiger partial charge on any atom is -0.495 e. The van der Waals surface area contributed by atoms with Gasteiger partial charge < -0.3 is 14.5 Å². The molecule has 1 saturated heterocycles. The summed E-state index contributed by atoms with van der Waals surface area (Å²) >= 11 is 0. The molecule has 1 amide bonds. The predicted molar refractivity (Wildman–Crippen MR) is 150 cm³/mol. The topological polar surface area (TPSA) is 63.5 Å². The maximum absolute atomic E-state index is 13.1. The summed E-state index contributed by atoms with van der Waals surface area (Å²) in [5.41, 5.74) is 5.76. The third kappa shape index (κ3) is 4.26. The molecule has 0 N–H and O–H groups in total. The first kappa shape index (κ1) is 23.7. The van der Waals surface area contributed by atoms with Crippen molar-refractivity contribution in [2.75, 3.05) is 38.2 Å². The summed E-state index contributed by atoms with van der Waals surface area (Å²) in [6.45, 7) is 4.67. The molecular formula is C31H29N5O2. The molecule has 0 unspecified atom stereocenters. The molecule has 0 atom stereocenters. The molecule has 1 fully saturated rings. The normalized spacial score (nSPS) is 13.6. The molecular weight excluding hydrogens is 474 g/mol. The first-order valence-corrected chi connectivity index (χ1v) is 12.8. The molecule has 2 aromatic heterocycles. The maximum atomic E-state index is 13.1. The van der Waals surface area contributed by atoms with Crippen molar-refractivity contribution < 1.29 is 9.53 Å². The Bertz CT molecular complexity index is 1590. The number of benzene rings is 3. The number of piperazine rings is 1. The Hall–Kier alpha value is -4.65. The Morgan fingerprint density at radius 3 is 2.29 bits per heavy atom. The van der Waals surface area contributed by atoms with Crippen molar-refractivity contribution in [2.24, 2.45) is 0 Å². The van der Waals surface area contributed by atoms with Crippen LogP contribution in [0, 0.1) is 6.92 Å². The number of hydrogen-bond donors (Lipinski definition) is 0. The summed E-state index contributed by atoms with van der Waals surface area (Å²) in [4.78, 5) is 26.8. The highest BCUT2D eigenvalue weighted by Gasteiger charge is 2.26. The third-order valence-corrected chi connectivity index (χ3v) is 7.16. The van der Waals surface area contributed by atoms with E-state index in [9.17, 15) is 4.79 Å². The lowest BCUT2D eigenvalue weighted by molar-refractivity contribution is 0.0746. The van der Waals surface area contributed by atoms with Crippen LogP contribution in [0.15, 0.2) is 91.4 Å². The van der Waals surface area contributed by atoms with Gasteiger partial charge >= 0.3 is 0 Å². The Morgan fingerprint density at radius 2 is 1.55 bits per heavy atom. The molecule has 0 saturated carbocycles. The minimum atomic E-state index is 0.0739. The van der Waals surface area contributed by atoms with Crippen LogP contribution in [-0.4, -0.2) is 58.6 Å². The summed E-state index contributed by atoms with van der Waals surface area (Å²) in [6, 6.07) is 26.0. The first-order chi connectivity index (χ1) is 18.6. The van der Waals surface area contributed by atoms with Crippen molar-refractivity contribution in [2.45, 2.75) is 6.92 Å². The van der Waals surface area contributed by atoms with Crippen LogP contribution in [-0.2, 0) is 0 Å². The number of carbonyl (C=O) groups excluding carboxylic acids is 1. The molecule has 7 heteroatoms. The third-order valence-electron chi connectivity index (χ3n) is 7.16. The molecule has 5 aromatic rings. The number of ether oxygens (including phenoxy) is 1. The summed E-state index contributed by atoms with van der Waals surface area (Å²) < 4.78 is 7.76. The molecule has 190 valence electrons. The largest absolute Gasteiger partial charge is 0.495 e. The van der Waals surface area contributed by atoms with E-state index < -0.39 is 0 Å². The number of hydrogen-bond acceptors (Lipinski definition) is 5. The highest BCUT2D eigenvalue weighted by Crippen LogP contribution is 2.38. The number of methoxy groups -OCH3 is 1. The van der Waals surface area contributed by atoms with E-state index in [0.717, 1.165) is 50.5 Å². The van der Waals surface area contributed by atoms with Gasteiger partial charge in [-0.1, -0.05) is 60.2 Å². The van der Waals surface area contributed by atoms with Crippen LogP contribution in [0.25, 0.3) is 27.8 Å². The van der Waals surface area contributed by atoms with E-state index in [0.29, 0.717) is 26.2 Å². The second kappa shape index (κ2) is 10.0. The van der Waals surface area contributed by atoms with Gasteiger partial charge in [0.1, 0.15) is 17.9 Å². The quantitative estimate of drug-likeness (QED) is 0.323. The summed E-state index contributed by atoms with van der Waals surface area (Å²) in [5, 5.41) is 0.989. The van der Waals surface area contributed by atoms with Crippen LogP contribution < -0.4 is 9.64 Å². The Kier molecular flexibility index (Phi) is 6.25. The smallest absolute Gasteiger partial charge is 0.253 e. The molecule has 3 heterocycles. The molecule has 3 aromatic carbocycles. The van der Waals surface area contributed by atoms with Crippen LogP contribution in [0.1, 0.15) is 15.9 Å². The molecule has 1 aliphatic heterocycles. The van der Waals surface area contributed by atoms with E-state index in [1.165, 1.54) is 0 Å². The van der Waals surface area contributed by atoms with Gasteiger partial charge in [-0.05, 0) is 36.8 Å². The number of rotatable bonds is 5. The number of fused-ring (bicyclic) bond motifs is 1. The zero-order valence-electron chi connectivity index (χ0n) is 21.5.